The highest BCUT2D eigenvalue weighted by Gasteiger charge is 2.32. The maximum Gasteiger partial charge on any atom is 0.266 e. The van der Waals surface area contributed by atoms with Gasteiger partial charge in [-0.1, -0.05) is 64.0 Å². The van der Waals surface area contributed by atoms with Crippen molar-refractivity contribution in [3.8, 4) is 11.3 Å². The molecule has 0 aliphatic carbocycles. The van der Waals surface area contributed by atoms with Crippen LogP contribution >= 0.6 is 34.5 Å². The van der Waals surface area contributed by atoms with E-state index in [1.165, 1.54) is 11.3 Å². The maximum absolute atomic E-state index is 13.9. The van der Waals surface area contributed by atoms with E-state index in [0.717, 1.165) is 17.5 Å². The van der Waals surface area contributed by atoms with E-state index in [2.05, 4.69) is 5.16 Å². The summed E-state index contributed by atoms with van der Waals surface area (Å²) in [6, 6.07) is 12.9. The number of carbonyl (C=O) groups excluding carboxylic acids is 1. The van der Waals surface area contributed by atoms with Crippen LogP contribution in [0.5, 0.6) is 0 Å². The van der Waals surface area contributed by atoms with E-state index in [1.54, 1.807) is 24.0 Å². The van der Waals surface area contributed by atoms with Crippen LogP contribution in [0.25, 0.3) is 21.5 Å². The Kier molecular flexibility index (Phi) is 5.90. The summed E-state index contributed by atoms with van der Waals surface area (Å²) in [4.78, 5) is 20.3. The van der Waals surface area contributed by atoms with E-state index in [9.17, 15) is 4.79 Å². The molecule has 1 atom stereocenters. The van der Waals surface area contributed by atoms with Gasteiger partial charge in [0.1, 0.15) is 22.5 Å². The van der Waals surface area contributed by atoms with Crippen molar-refractivity contribution in [2.45, 2.75) is 25.9 Å². The molecular weight excluding hydrogens is 469 g/mol. The number of halogens is 2. The van der Waals surface area contributed by atoms with Gasteiger partial charge in [0.05, 0.1) is 27.4 Å². The minimum Gasteiger partial charge on any atom is -0.376 e. The topological polar surface area (TPSA) is 68.5 Å². The molecule has 5 rings (SSSR count). The predicted octanol–water partition coefficient (Wildman–Crippen LogP) is 6.39. The molecule has 6 nitrogen and oxygen atoms in total. The minimum atomic E-state index is -0.260. The van der Waals surface area contributed by atoms with Gasteiger partial charge in [-0.25, -0.2) is 4.98 Å². The van der Waals surface area contributed by atoms with E-state index in [-0.39, 0.29) is 12.0 Å². The minimum absolute atomic E-state index is 0.0645. The number of para-hydroxylation sites is 1. The van der Waals surface area contributed by atoms with Gasteiger partial charge in [-0.2, -0.15) is 0 Å². The summed E-state index contributed by atoms with van der Waals surface area (Å²) in [5, 5.41) is 5.75. The lowest BCUT2D eigenvalue weighted by Crippen LogP contribution is -2.37. The zero-order chi connectivity index (χ0) is 22.2. The van der Waals surface area contributed by atoms with Crippen LogP contribution in [0.1, 0.15) is 29.0 Å². The smallest absolute Gasteiger partial charge is 0.266 e. The van der Waals surface area contributed by atoms with E-state index in [0.29, 0.717) is 56.4 Å². The number of aryl methyl sites for hydroxylation is 1. The van der Waals surface area contributed by atoms with Crippen molar-refractivity contribution in [2.24, 2.45) is 0 Å². The molecule has 3 heterocycles. The highest BCUT2D eigenvalue weighted by molar-refractivity contribution is 7.22. The molecule has 1 saturated heterocycles. The van der Waals surface area contributed by atoms with Crippen molar-refractivity contribution in [3.63, 3.8) is 0 Å². The molecule has 1 aliphatic rings. The van der Waals surface area contributed by atoms with Crippen LogP contribution in [0.4, 0.5) is 5.13 Å². The number of ether oxygens (including phenoxy) is 1. The van der Waals surface area contributed by atoms with Gasteiger partial charge in [0.15, 0.2) is 5.13 Å². The number of fused-ring (bicyclic) bond motifs is 1. The number of rotatable bonds is 5. The SMILES string of the molecule is Cc1onc(-c2ccccc2Cl)c1C(=O)N(C[C@H]1CCCO1)c1nc2c(Cl)cccc2s1. The molecule has 0 bridgehead atoms. The average Bonchev–Trinajstić information content (AvgIpc) is 3.52. The third-order valence-corrected chi connectivity index (χ3v) is 7.13. The van der Waals surface area contributed by atoms with Crippen LogP contribution in [0.3, 0.4) is 0 Å². The highest BCUT2D eigenvalue weighted by Crippen LogP contribution is 2.36. The van der Waals surface area contributed by atoms with Crippen LogP contribution in [-0.4, -0.2) is 35.3 Å². The second-order valence-corrected chi connectivity index (χ2v) is 9.40. The number of nitrogens with zero attached hydrogens (tertiary/aromatic N) is 3. The molecule has 0 spiro atoms. The molecule has 2 aromatic heterocycles. The molecule has 1 amide bonds. The predicted molar refractivity (Wildman–Crippen MR) is 127 cm³/mol. The Morgan fingerprint density at radius 1 is 1.19 bits per heavy atom. The lowest BCUT2D eigenvalue weighted by molar-refractivity contribution is 0.0916. The van der Waals surface area contributed by atoms with Crippen LogP contribution in [-0.2, 0) is 4.74 Å². The highest BCUT2D eigenvalue weighted by atomic mass is 35.5. The van der Waals surface area contributed by atoms with Crippen molar-refractivity contribution in [1.82, 2.24) is 10.1 Å². The number of benzene rings is 2. The summed E-state index contributed by atoms with van der Waals surface area (Å²) >= 11 is 14.2. The lowest BCUT2D eigenvalue weighted by Gasteiger charge is -2.23. The van der Waals surface area contributed by atoms with E-state index >= 15 is 0 Å². The monoisotopic (exact) mass is 487 g/mol. The standard InChI is InChI=1S/C23H19Cl2N3O3S/c1-13-19(20(27-31-13)15-7-2-3-8-16(15)24)22(29)28(12-14-6-5-11-30-14)23-26-21-17(25)9-4-10-18(21)32-23/h2-4,7-10,14H,5-6,11-12H2,1H3/t14-/m1/s1. The van der Waals surface area contributed by atoms with Crippen molar-refractivity contribution in [1.29, 1.82) is 0 Å². The fraction of sp³-hybridized carbons (Fsp3) is 0.261. The summed E-state index contributed by atoms with van der Waals surface area (Å²) < 4.78 is 12.2. The van der Waals surface area contributed by atoms with Crippen LogP contribution < -0.4 is 4.90 Å². The molecule has 0 unspecified atom stereocenters. The van der Waals surface area contributed by atoms with Gasteiger partial charge in [-0.15, -0.1) is 0 Å². The maximum atomic E-state index is 13.9. The van der Waals surface area contributed by atoms with Crippen LogP contribution in [0.2, 0.25) is 10.0 Å². The summed E-state index contributed by atoms with van der Waals surface area (Å²) in [6.45, 7) is 2.79. The third-order valence-electron chi connectivity index (χ3n) is 5.45. The third kappa shape index (κ3) is 3.90. The Hall–Kier alpha value is -2.45. The normalized spacial score (nSPS) is 16.0. The molecule has 9 heteroatoms. The average molecular weight is 488 g/mol. The van der Waals surface area contributed by atoms with Gasteiger partial charge in [-0.3, -0.25) is 9.69 Å². The van der Waals surface area contributed by atoms with Gasteiger partial charge in [-0.05, 0) is 38.0 Å². The molecule has 1 aliphatic heterocycles. The number of hydrogen-bond donors (Lipinski definition) is 0. The van der Waals surface area contributed by atoms with E-state index in [1.807, 2.05) is 30.3 Å². The van der Waals surface area contributed by atoms with Gasteiger partial charge >= 0.3 is 0 Å². The Morgan fingerprint density at radius 2 is 2.00 bits per heavy atom. The van der Waals surface area contributed by atoms with Gasteiger partial charge in [0.2, 0.25) is 0 Å². The summed E-state index contributed by atoms with van der Waals surface area (Å²) in [5.74, 6) is 0.158. The van der Waals surface area contributed by atoms with Gasteiger partial charge in [0, 0.05) is 12.2 Å². The Morgan fingerprint density at radius 3 is 2.75 bits per heavy atom. The fourth-order valence-corrected chi connectivity index (χ4v) is 5.35. The second-order valence-electron chi connectivity index (χ2n) is 7.58. The van der Waals surface area contributed by atoms with Crippen molar-refractivity contribution < 1.29 is 14.1 Å². The molecule has 0 saturated carbocycles. The Labute approximate surface area is 198 Å². The molecule has 1 fully saturated rings. The molecule has 4 aromatic rings. The van der Waals surface area contributed by atoms with Crippen LogP contribution in [0, 0.1) is 6.92 Å². The van der Waals surface area contributed by atoms with E-state index in [4.69, 9.17) is 37.4 Å². The lowest BCUT2D eigenvalue weighted by atomic mass is 10.0. The fourth-order valence-electron chi connectivity index (χ4n) is 3.85. The number of carbonyl (C=O) groups is 1. The largest absolute Gasteiger partial charge is 0.376 e. The number of anilines is 1. The Bertz CT molecular complexity index is 1300. The first-order valence-corrected chi connectivity index (χ1v) is 11.8. The first-order chi connectivity index (χ1) is 15.5. The number of thiazole rings is 1. The molecular formula is C23H19Cl2N3O3S. The van der Waals surface area contributed by atoms with Crippen molar-refractivity contribution >= 4 is 55.8 Å². The first kappa shape index (κ1) is 21.4. The van der Waals surface area contributed by atoms with Crippen molar-refractivity contribution in [2.75, 3.05) is 18.1 Å². The van der Waals surface area contributed by atoms with E-state index < -0.39 is 0 Å². The first-order valence-electron chi connectivity index (χ1n) is 10.2. The number of hydrogen-bond acceptors (Lipinski definition) is 6. The molecule has 32 heavy (non-hydrogen) atoms. The van der Waals surface area contributed by atoms with Crippen LogP contribution in [0.15, 0.2) is 47.0 Å². The van der Waals surface area contributed by atoms with Crippen molar-refractivity contribution in [3.05, 3.63) is 63.8 Å². The molecule has 0 radical (unpaired) electrons. The zero-order valence-electron chi connectivity index (χ0n) is 17.2. The second kappa shape index (κ2) is 8.83. The molecule has 2 aromatic carbocycles. The summed E-state index contributed by atoms with van der Waals surface area (Å²) in [6.07, 6.45) is 1.79. The molecule has 0 N–H and O–H groups in total. The quantitative estimate of drug-likeness (QED) is 0.326. The number of aromatic nitrogens is 2. The summed E-state index contributed by atoms with van der Waals surface area (Å²) in [5.41, 5.74) is 2.09. The zero-order valence-corrected chi connectivity index (χ0v) is 19.5. The number of amides is 1. The van der Waals surface area contributed by atoms with Gasteiger partial charge in [0.25, 0.3) is 5.91 Å². The Balaban J connectivity index is 1.60. The molecule has 164 valence electrons. The van der Waals surface area contributed by atoms with Gasteiger partial charge < -0.3 is 9.26 Å². The summed E-state index contributed by atoms with van der Waals surface area (Å²) in [7, 11) is 0.